The number of rotatable bonds is 8. The van der Waals surface area contributed by atoms with Gasteiger partial charge in [0.05, 0.1) is 23.3 Å². The van der Waals surface area contributed by atoms with Crippen LogP contribution in [0.3, 0.4) is 0 Å². The van der Waals surface area contributed by atoms with Crippen molar-refractivity contribution in [1.29, 1.82) is 0 Å². The predicted octanol–water partition coefficient (Wildman–Crippen LogP) is 1.88. The number of esters is 1. The van der Waals surface area contributed by atoms with Gasteiger partial charge in [0.1, 0.15) is 19.3 Å². The molecule has 5 unspecified atom stereocenters. The third kappa shape index (κ3) is 4.68. The Balaban J connectivity index is 0.00000196. The van der Waals surface area contributed by atoms with Crippen LogP contribution in [0.25, 0.3) is 0 Å². The molecule has 5 atom stereocenters. The summed E-state index contributed by atoms with van der Waals surface area (Å²) in [5.74, 6) is -0.477. The molecule has 3 aliphatic rings. The zero-order valence-electron chi connectivity index (χ0n) is 15.4. The van der Waals surface area contributed by atoms with Gasteiger partial charge in [-0.2, -0.15) is 8.42 Å². The molecule has 9 heteroatoms. The lowest BCUT2D eigenvalue weighted by Gasteiger charge is -2.24. The quantitative estimate of drug-likeness (QED) is 0.362. The summed E-state index contributed by atoms with van der Waals surface area (Å²) in [6, 6.07) is 0. The molecule has 1 amide bonds. The number of fused-ring (bicyclic) bond motifs is 1. The van der Waals surface area contributed by atoms with E-state index in [0.29, 0.717) is 12.8 Å². The van der Waals surface area contributed by atoms with Gasteiger partial charge in [0.2, 0.25) is 5.91 Å². The van der Waals surface area contributed by atoms with Crippen molar-refractivity contribution in [2.24, 2.45) is 17.3 Å². The molecule has 3 fully saturated rings. The molecule has 0 spiro atoms. The first kappa shape index (κ1) is 24.8. The van der Waals surface area contributed by atoms with Crippen LogP contribution in [0.2, 0.25) is 0 Å². The van der Waals surface area contributed by atoms with E-state index in [1.807, 2.05) is 20.8 Å². The number of hydrogen-bond donors (Lipinski definition) is 1. The lowest BCUT2D eigenvalue weighted by atomic mass is 9.91. The van der Waals surface area contributed by atoms with E-state index in [0.717, 1.165) is 6.42 Å². The maximum Gasteiger partial charge on any atom is 0.311 e. The molecule has 28 heavy (non-hydrogen) atoms. The van der Waals surface area contributed by atoms with Crippen molar-refractivity contribution in [2.45, 2.75) is 72.3 Å². The van der Waals surface area contributed by atoms with Gasteiger partial charge in [0, 0.05) is 5.92 Å². The topological polar surface area (TPSA) is 108 Å². The molecule has 3 rings (SSSR count). The maximum atomic E-state index is 11.9. The average Bonchev–Trinajstić information content (AvgIpc) is 3.19. The van der Waals surface area contributed by atoms with Crippen LogP contribution in [0, 0.1) is 17.3 Å². The van der Waals surface area contributed by atoms with Crippen molar-refractivity contribution in [1.82, 2.24) is 5.32 Å². The van der Waals surface area contributed by atoms with Gasteiger partial charge in [-0.1, -0.05) is 21.8 Å². The largest absolute Gasteiger partial charge is 0.463 e. The summed E-state index contributed by atoms with van der Waals surface area (Å²) in [6.45, 7) is 5.69. The summed E-state index contributed by atoms with van der Waals surface area (Å²) >= 11 is 0. The zero-order chi connectivity index (χ0) is 19.1. The third-order valence-corrected chi connectivity index (χ3v) is 7.69. The molecule has 0 radical (unpaired) electrons. The number of hydrogen-bond acceptors (Lipinski definition) is 7. The van der Waals surface area contributed by atoms with Gasteiger partial charge < -0.3 is 14.8 Å². The summed E-state index contributed by atoms with van der Waals surface area (Å²) < 4.78 is 39.8. The second kappa shape index (κ2) is 9.09. The van der Waals surface area contributed by atoms with E-state index in [4.69, 9.17) is 13.7 Å². The fourth-order valence-electron chi connectivity index (χ4n) is 4.01. The highest BCUT2D eigenvalue weighted by molar-refractivity contribution is 7.87. The molecular formula is C19H35NO7S. The Morgan fingerprint density at radius 1 is 1.21 bits per heavy atom. The molecule has 2 bridgehead atoms. The Bertz CT molecular complexity index is 676. The fourth-order valence-corrected chi connectivity index (χ4v) is 5.89. The first-order valence-corrected chi connectivity index (χ1v) is 10.6. The van der Waals surface area contributed by atoms with Crippen molar-refractivity contribution in [3.05, 3.63) is 0 Å². The molecule has 1 aliphatic heterocycles. The molecule has 0 aromatic carbocycles. The number of ether oxygens (including phenoxy) is 2. The minimum Gasteiger partial charge on any atom is -0.463 e. The summed E-state index contributed by atoms with van der Waals surface area (Å²) in [6.07, 6.45) is 1.22. The van der Waals surface area contributed by atoms with Gasteiger partial charge in [-0.15, -0.1) is 0 Å². The zero-order valence-corrected chi connectivity index (χ0v) is 16.2. The van der Waals surface area contributed by atoms with Crippen LogP contribution in [0.1, 0.15) is 54.9 Å². The second-order valence-corrected chi connectivity index (χ2v) is 9.77. The normalized spacial score (nSPS) is 31.6. The second-order valence-electron chi connectivity index (χ2n) is 7.99. The molecule has 164 valence electrons. The van der Waals surface area contributed by atoms with Gasteiger partial charge in [-0.05, 0) is 39.0 Å². The summed E-state index contributed by atoms with van der Waals surface area (Å²) in [4.78, 5) is 23.7. The van der Waals surface area contributed by atoms with Crippen LogP contribution in [0.15, 0.2) is 0 Å². The van der Waals surface area contributed by atoms with Crippen LogP contribution in [0.5, 0.6) is 0 Å². The van der Waals surface area contributed by atoms with E-state index < -0.39 is 26.9 Å². The summed E-state index contributed by atoms with van der Waals surface area (Å²) in [5.41, 5.74) is -0.533. The average molecular weight is 422 g/mol. The minimum absolute atomic E-state index is 0. The minimum atomic E-state index is -3.47. The molecule has 0 aromatic rings. The lowest BCUT2D eigenvalue weighted by Crippen LogP contribution is -2.39. The van der Waals surface area contributed by atoms with E-state index in [-0.39, 0.29) is 64.4 Å². The van der Waals surface area contributed by atoms with Gasteiger partial charge in [0.25, 0.3) is 10.1 Å². The fraction of sp³-hybridized carbons (Fsp3) is 0.895. The predicted molar refractivity (Wildman–Crippen MR) is 105 cm³/mol. The van der Waals surface area contributed by atoms with Crippen molar-refractivity contribution >= 4 is 22.0 Å². The lowest BCUT2D eigenvalue weighted by molar-refractivity contribution is -0.154. The maximum absolute atomic E-state index is 11.9. The van der Waals surface area contributed by atoms with Crippen LogP contribution in [0.4, 0.5) is 0 Å². The Kier molecular flexibility index (Phi) is 8.06. The van der Waals surface area contributed by atoms with E-state index in [1.54, 1.807) is 0 Å². The summed E-state index contributed by atoms with van der Waals surface area (Å²) in [5, 5.41) is 2.24. The number of carbonyl (C=O) groups excluding carboxylic acids is 2. The first-order chi connectivity index (χ1) is 12.2. The Hall–Kier alpha value is -1.19. The smallest absolute Gasteiger partial charge is 0.311 e. The van der Waals surface area contributed by atoms with Crippen LogP contribution in [-0.2, 0) is 33.4 Å². The highest BCUT2D eigenvalue weighted by atomic mass is 32.2. The Morgan fingerprint density at radius 2 is 1.89 bits per heavy atom. The molecule has 2 aliphatic carbocycles. The Labute approximate surface area is 168 Å². The van der Waals surface area contributed by atoms with E-state index in [2.05, 4.69) is 5.32 Å². The van der Waals surface area contributed by atoms with E-state index >= 15 is 0 Å². The number of nitrogens with one attached hydrogen (secondary N) is 1. The SMILES string of the molecule is C.C.CCC(C)(C)C(=O)OCCNC(=O)COC1C2CC3C1OS(=O)(=O)C3C2. The van der Waals surface area contributed by atoms with Crippen LogP contribution < -0.4 is 5.32 Å². The standard InChI is InChI=1S/C17H27NO7S.2CH4/c1-4-17(2,3)16(20)23-6-5-18-13(19)9-24-14-10-7-11-12(8-10)26(21,22)25-15(11)14;;/h10-12,14-15H,4-9H2,1-3H3,(H,18,19);2*1H4. The van der Waals surface area contributed by atoms with Gasteiger partial charge >= 0.3 is 5.97 Å². The van der Waals surface area contributed by atoms with Crippen molar-refractivity contribution in [2.75, 3.05) is 19.8 Å². The van der Waals surface area contributed by atoms with Crippen molar-refractivity contribution in [3.8, 4) is 0 Å². The van der Waals surface area contributed by atoms with Gasteiger partial charge in [-0.3, -0.25) is 13.8 Å². The highest BCUT2D eigenvalue weighted by Crippen LogP contribution is 2.55. The van der Waals surface area contributed by atoms with Crippen LogP contribution >= 0.6 is 0 Å². The monoisotopic (exact) mass is 421 g/mol. The van der Waals surface area contributed by atoms with Crippen LogP contribution in [-0.4, -0.2) is 57.5 Å². The third-order valence-electron chi connectivity index (χ3n) is 5.91. The molecule has 8 nitrogen and oxygen atoms in total. The van der Waals surface area contributed by atoms with Crippen molar-refractivity contribution < 1.29 is 31.7 Å². The van der Waals surface area contributed by atoms with Crippen molar-refractivity contribution in [3.63, 3.8) is 0 Å². The molecular weight excluding hydrogens is 386 g/mol. The molecule has 1 saturated heterocycles. The molecule has 2 saturated carbocycles. The van der Waals surface area contributed by atoms with E-state index in [1.165, 1.54) is 0 Å². The summed E-state index contributed by atoms with van der Waals surface area (Å²) in [7, 11) is -3.47. The molecule has 1 heterocycles. The Morgan fingerprint density at radius 3 is 2.54 bits per heavy atom. The highest BCUT2D eigenvalue weighted by Gasteiger charge is 2.64. The van der Waals surface area contributed by atoms with E-state index in [9.17, 15) is 18.0 Å². The first-order valence-electron chi connectivity index (χ1n) is 9.13. The molecule has 1 N–H and O–H groups in total. The van der Waals surface area contributed by atoms with Gasteiger partial charge in [0.15, 0.2) is 0 Å². The number of carbonyl (C=O) groups is 2. The number of amides is 1. The van der Waals surface area contributed by atoms with Gasteiger partial charge in [-0.25, -0.2) is 0 Å². The molecule has 0 aromatic heterocycles.